The van der Waals surface area contributed by atoms with Crippen molar-refractivity contribution in [1.82, 2.24) is 5.32 Å². The van der Waals surface area contributed by atoms with Crippen molar-refractivity contribution in [3.8, 4) is 0 Å². The lowest BCUT2D eigenvalue weighted by Crippen LogP contribution is -2.40. The van der Waals surface area contributed by atoms with Gasteiger partial charge in [0, 0.05) is 25.8 Å². The van der Waals surface area contributed by atoms with E-state index < -0.39 is 6.04 Å². The fourth-order valence-corrected chi connectivity index (χ4v) is 5.52. The molecule has 0 saturated carbocycles. The molecule has 0 heterocycles. The van der Waals surface area contributed by atoms with Crippen LogP contribution in [0.25, 0.3) is 0 Å². The molecule has 41 heavy (non-hydrogen) atoms. The standard InChI is InChI=1S/C36H70N2O3/c1-3-5-7-9-11-13-15-17-19-21-23-25-27-29-33(39)36(37)34(40)31-32-38-35(41)30-28-26-24-22-20-18-16-14-12-10-8-6-4-2/h36H,3-32,37H2,1-2H3,(H,38,41). The summed E-state index contributed by atoms with van der Waals surface area (Å²) in [4.78, 5) is 36.6. The van der Waals surface area contributed by atoms with E-state index in [1.54, 1.807) is 0 Å². The summed E-state index contributed by atoms with van der Waals surface area (Å²) in [5.74, 6) is -0.421. The first-order valence-corrected chi connectivity index (χ1v) is 18.1. The predicted octanol–water partition coefficient (Wildman–Crippen LogP) is 9.92. The summed E-state index contributed by atoms with van der Waals surface area (Å²) in [7, 11) is 0. The van der Waals surface area contributed by atoms with Crippen LogP contribution in [0, 0.1) is 0 Å². The first-order chi connectivity index (χ1) is 20.0. The fourth-order valence-electron chi connectivity index (χ4n) is 5.52. The monoisotopic (exact) mass is 579 g/mol. The molecule has 0 rings (SSSR count). The maximum atomic E-state index is 12.3. The second-order valence-electron chi connectivity index (χ2n) is 12.5. The Balaban J connectivity index is 3.53. The van der Waals surface area contributed by atoms with Gasteiger partial charge in [-0.15, -0.1) is 0 Å². The number of rotatable bonds is 33. The maximum absolute atomic E-state index is 12.3. The topological polar surface area (TPSA) is 89.3 Å². The highest BCUT2D eigenvalue weighted by molar-refractivity contribution is 6.06. The first-order valence-electron chi connectivity index (χ1n) is 18.1. The largest absolute Gasteiger partial charge is 0.356 e. The molecular formula is C36H70N2O3. The van der Waals surface area contributed by atoms with Crippen LogP contribution in [0.3, 0.4) is 0 Å². The lowest BCUT2D eigenvalue weighted by Gasteiger charge is -2.10. The Labute approximate surface area is 255 Å². The van der Waals surface area contributed by atoms with Gasteiger partial charge in [-0.25, -0.2) is 0 Å². The van der Waals surface area contributed by atoms with Gasteiger partial charge in [-0.3, -0.25) is 14.4 Å². The van der Waals surface area contributed by atoms with Gasteiger partial charge in [0.05, 0.1) is 0 Å². The van der Waals surface area contributed by atoms with E-state index in [-0.39, 0.29) is 30.4 Å². The molecule has 242 valence electrons. The van der Waals surface area contributed by atoms with Crippen LogP contribution in [0.1, 0.15) is 200 Å². The summed E-state index contributed by atoms with van der Waals surface area (Å²) in [6.07, 6.45) is 34.1. The van der Waals surface area contributed by atoms with Crippen molar-refractivity contribution in [1.29, 1.82) is 0 Å². The first kappa shape index (κ1) is 39.8. The fraction of sp³-hybridized carbons (Fsp3) is 0.917. The van der Waals surface area contributed by atoms with E-state index in [2.05, 4.69) is 19.2 Å². The molecule has 0 aliphatic heterocycles. The summed E-state index contributed by atoms with van der Waals surface area (Å²) in [6.45, 7) is 4.79. The van der Waals surface area contributed by atoms with Gasteiger partial charge >= 0.3 is 0 Å². The minimum absolute atomic E-state index is 0.00672. The van der Waals surface area contributed by atoms with Crippen molar-refractivity contribution < 1.29 is 14.4 Å². The molecule has 5 heteroatoms. The zero-order valence-electron chi connectivity index (χ0n) is 27.6. The summed E-state index contributed by atoms with van der Waals surface area (Å²) < 4.78 is 0. The number of carbonyl (C=O) groups excluding carboxylic acids is 3. The van der Waals surface area contributed by atoms with Crippen LogP contribution in [-0.2, 0) is 14.4 Å². The number of nitrogens with one attached hydrogen (secondary N) is 1. The van der Waals surface area contributed by atoms with Crippen molar-refractivity contribution in [2.75, 3.05) is 6.54 Å². The minimum Gasteiger partial charge on any atom is -0.356 e. The number of unbranched alkanes of at least 4 members (excludes halogenated alkanes) is 24. The van der Waals surface area contributed by atoms with Crippen LogP contribution < -0.4 is 11.1 Å². The average Bonchev–Trinajstić information content (AvgIpc) is 2.97. The number of hydrogen-bond donors (Lipinski definition) is 2. The molecule has 0 aromatic carbocycles. The Morgan fingerprint density at radius 2 is 0.732 bits per heavy atom. The van der Waals surface area contributed by atoms with Gasteiger partial charge in [-0.05, 0) is 12.8 Å². The second kappa shape index (κ2) is 31.7. The molecule has 0 saturated heterocycles. The summed E-state index contributed by atoms with van der Waals surface area (Å²) in [5.41, 5.74) is 5.90. The third-order valence-electron chi connectivity index (χ3n) is 8.42. The van der Waals surface area contributed by atoms with Crippen LogP contribution >= 0.6 is 0 Å². The van der Waals surface area contributed by atoms with Gasteiger partial charge in [-0.1, -0.05) is 168 Å². The Kier molecular flexibility index (Phi) is 30.7. The molecule has 0 aliphatic carbocycles. The number of ketones is 2. The molecule has 0 bridgehead atoms. The molecule has 0 fully saturated rings. The Bertz CT molecular complexity index is 608. The maximum Gasteiger partial charge on any atom is 0.220 e. The van der Waals surface area contributed by atoms with Gasteiger partial charge in [0.15, 0.2) is 11.6 Å². The minimum atomic E-state index is -1.04. The summed E-state index contributed by atoms with van der Waals surface area (Å²) in [6, 6.07) is -1.04. The van der Waals surface area contributed by atoms with Crippen LogP contribution in [0.5, 0.6) is 0 Å². The Morgan fingerprint density at radius 1 is 0.439 bits per heavy atom. The zero-order chi connectivity index (χ0) is 30.2. The van der Waals surface area contributed by atoms with Crippen molar-refractivity contribution >= 4 is 17.5 Å². The van der Waals surface area contributed by atoms with Crippen LogP contribution in [-0.4, -0.2) is 30.1 Å². The summed E-state index contributed by atoms with van der Waals surface area (Å²) >= 11 is 0. The van der Waals surface area contributed by atoms with E-state index in [9.17, 15) is 14.4 Å². The van der Waals surface area contributed by atoms with E-state index in [0.717, 1.165) is 32.1 Å². The highest BCUT2D eigenvalue weighted by atomic mass is 16.2. The lowest BCUT2D eigenvalue weighted by atomic mass is 10.00. The Morgan fingerprint density at radius 3 is 1.10 bits per heavy atom. The van der Waals surface area contributed by atoms with Crippen LogP contribution in [0.4, 0.5) is 0 Å². The SMILES string of the molecule is CCCCCCCCCCCCCCCC(=O)NCCC(=O)C(N)C(=O)CCCCCCCCCCCCCCC. The van der Waals surface area contributed by atoms with Crippen molar-refractivity contribution in [3.63, 3.8) is 0 Å². The second-order valence-corrected chi connectivity index (χ2v) is 12.5. The van der Waals surface area contributed by atoms with Gasteiger partial charge in [0.2, 0.25) is 5.91 Å². The highest BCUT2D eigenvalue weighted by Gasteiger charge is 2.21. The third kappa shape index (κ3) is 28.7. The molecule has 1 atom stereocenters. The van der Waals surface area contributed by atoms with Crippen LogP contribution in [0.15, 0.2) is 0 Å². The molecule has 0 spiro atoms. The van der Waals surface area contributed by atoms with Gasteiger partial charge in [0.1, 0.15) is 6.04 Å². The molecule has 1 amide bonds. The van der Waals surface area contributed by atoms with Crippen molar-refractivity contribution in [3.05, 3.63) is 0 Å². The van der Waals surface area contributed by atoms with E-state index in [4.69, 9.17) is 5.73 Å². The number of hydrogen-bond acceptors (Lipinski definition) is 4. The molecule has 0 aromatic heterocycles. The smallest absolute Gasteiger partial charge is 0.220 e. The van der Waals surface area contributed by atoms with Crippen LogP contribution in [0.2, 0.25) is 0 Å². The molecular weight excluding hydrogens is 508 g/mol. The van der Waals surface area contributed by atoms with E-state index >= 15 is 0 Å². The molecule has 0 radical (unpaired) electrons. The molecule has 1 unspecified atom stereocenters. The molecule has 3 N–H and O–H groups in total. The number of nitrogens with two attached hydrogens (primary N) is 1. The molecule has 0 aromatic rings. The van der Waals surface area contributed by atoms with Crippen molar-refractivity contribution in [2.24, 2.45) is 5.73 Å². The number of Topliss-reactive ketones (excluding diaryl/α,β-unsaturated/α-hetero) is 2. The normalized spacial score (nSPS) is 12.0. The van der Waals surface area contributed by atoms with E-state index in [0.29, 0.717) is 12.8 Å². The molecule has 5 nitrogen and oxygen atoms in total. The lowest BCUT2D eigenvalue weighted by molar-refractivity contribution is -0.128. The number of amides is 1. The van der Waals surface area contributed by atoms with Crippen molar-refractivity contribution in [2.45, 2.75) is 206 Å². The van der Waals surface area contributed by atoms with E-state index in [1.165, 1.54) is 135 Å². The summed E-state index contributed by atoms with van der Waals surface area (Å²) in [5, 5.41) is 2.82. The van der Waals surface area contributed by atoms with Gasteiger partial charge in [-0.2, -0.15) is 0 Å². The molecule has 0 aliphatic rings. The quantitative estimate of drug-likeness (QED) is 0.0599. The third-order valence-corrected chi connectivity index (χ3v) is 8.42. The average molecular weight is 579 g/mol. The van der Waals surface area contributed by atoms with Gasteiger partial charge in [0.25, 0.3) is 0 Å². The van der Waals surface area contributed by atoms with E-state index in [1.807, 2.05) is 0 Å². The highest BCUT2D eigenvalue weighted by Crippen LogP contribution is 2.14. The predicted molar refractivity (Wildman–Crippen MR) is 176 cm³/mol. The number of carbonyl (C=O) groups is 3. The zero-order valence-corrected chi connectivity index (χ0v) is 27.6. The van der Waals surface area contributed by atoms with Gasteiger partial charge < -0.3 is 11.1 Å². The Hall–Kier alpha value is -1.23.